The van der Waals surface area contributed by atoms with Crippen molar-refractivity contribution in [3.05, 3.63) is 29.3 Å². The molecule has 2 bridgehead atoms. The maximum absolute atomic E-state index is 12.3. The highest BCUT2D eigenvalue weighted by molar-refractivity contribution is 7.89. The van der Waals surface area contributed by atoms with E-state index in [4.69, 9.17) is 11.6 Å². The average Bonchev–Trinajstić information content (AvgIpc) is 2.68. The van der Waals surface area contributed by atoms with Gasteiger partial charge in [0.15, 0.2) is 0 Å². The van der Waals surface area contributed by atoms with Gasteiger partial charge in [-0.2, -0.15) is 0 Å². The highest BCUT2D eigenvalue weighted by Gasteiger charge is 2.35. The molecule has 0 aliphatic carbocycles. The quantitative estimate of drug-likeness (QED) is 0.896. The largest absolute Gasteiger partial charge is 0.311 e. The summed E-state index contributed by atoms with van der Waals surface area (Å²) in [5, 5.41) is 3.77. The first-order valence-corrected chi connectivity index (χ1v) is 8.43. The summed E-state index contributed by atoms with van der Waals surface area (Å²) >= 11 is 5.96. The predicted molar refractivity (Wildman–Crippen MR) is 74.7 cm³/mol. The highest BCUT2D eigenvalue weighted by atomic mass is 35.5. The van der Waals surface area contributed by atoms with Gasteiger partial charge in [-0.05, 0) is 37.8 Å². The van der Waals surface area contributed by atoms with Crippen molar-refractivity contribution in [2.75, 3.05) is 0 Å². The molecule has 2 N–H and O–H groups in total. The van der Waals surface area contributed by atoms with Gasteiger partial charge in [-0.1, -0.05) is 23.7 Å². The number of halogens is 1. The third-order valence-corrected chi connectivity index (χ3v) is 5.94. The summed E-state index contributed by atoms with van der Waals surface area (Å²) in [5.41, 5.74) is 0. The van der Waals surface area contributed by atoms with Crippen LogP contribution in [0.2, 0.25) is 5.02 Å². The average molecular weight is 301 g/mol. The van der Waals surface area contributed by atoms with Crippen LogP contribution in [0.3, 0.4) is 0 Å². The van der Waals surface area contributed by atoms with Gasteiger partial charge in [-0.3, -0.25) is 0 Å². The van der Waals surface area contributed by atoms with E-state index in [9.17, 15) is 8.42 Å². The SMILES string of the molecule is O=S(=O)(NC1CC2CCC(C1)N2)c1ccccc1Cl. The molecule has 0 saturated carbocycles. The van der Waals surface area contributed by atoms with E-state index >= 15 is 0 Å². The van der Waals surface area contributed by atoms with E-state index in [1.807, 2.05) is 0 Å². The molecular weight excluding hydrogens is 284 g/mol. The molecule has 0 radical (unpaired) electrons. The van der Waals surface area contributed by atoms with Crippen LogP contribution in [-0.2, 0) is 10.0 Å². The number of piperidine rings is 1. The van der Waals surface area contributed by atoms with Crippen LogP contribution in [0.25, 0.3) is 0 Å². The van der Waals surface area contributed by atoms with Gasteiger partial charge in [0.25, 0.3) is 0 Å². The molecular formula is C13H17ClN2O2S. The fraction of sp³-hybridized carbons (Fsp3) is 0.538. The fourth-order valence-electron chi connectivity index (χ4n) is 3.10. The number of rotatable bonds is 3. The lowest BCUT2D eigenvalue weighted by Crippen LogP contribution is -2.47. The summed E-state index contributed by atoms with van der Waals surface area (Å²) < 4.78 is 27.5. The van der Waals surface area contributed by atoms with Gasteiger partial charge < -0.3 is 5.32 Å². The smallest absolute Gasteiger partial charge is 0.242 e. The van der Waals surface area contributed by atoms with E-state index in [1.54, 1.807) is 24.3 Å². The number of fused-ring (bicyclic) bond motifs is 2. The molecule has 0 spiro atoms. The van der Waals surface area contributed by atoms with Gasteiger partial charge in [-0.25, -0.2) is 13.1 Å². The second-order valence-electron chi connectivity index (χ2n) is 5.36. The first-order valence-electron chi connectivity index (χ1n) is 6.57. The predicted octanol–water partition coefficient (Wildman–Crippen LogP) is 1.90. The third-order valence-electron chi connectivity index (χ3n) is 3.92. The first-order chi connectivity index (χ1) is 9.04. The monoisotopic (exact) mass is 300 g/mol. The van der Waals surface area contributed by atoms with Crippen molar-refractivity contribution >= 4 is 21.6 Å². The second kappa shape index (κ2) is 5.05. The molecule has 4 nitrogen and oxygen atoms in total. The van der Waals surface area contributed by atoms with E-state index in [2.05, 4.69) is 10.0 Å². The number of hydrogen-bond donors (Lipinski definition) is 2. The summed E-state index contributed by atoms with van der Waals surface area (Å²) in [6.45, 7) is 0. The Bertz CT molecular complexity index is 564. The van der Waals surface area contributed by atoms with Crippen LogP contribution in [0.15, 0.2) is 29.2 Å². The van der Waals surface area contributed by atoms with Crippen molar-refractivity contribution in [3.8, 4) is 0 Å². The van der Waals surface area contributed by atoms with E-state index < -0.39 is 10.0 Å². The summed E-state index contributed by atoms with van der Waals surface area (Å²) in [6, 6.07) is 7.48. The van der Waals surface area contributed by atoms with Crippen LogP contribution >= 0.6 is 11.6 Å². The van der Waals surface area contributed by atoms with E-state index in [0.717, 1.165) is 25.7 Å². The molecule has 2 heterocycles. The minimum absolute atomic E-state index is 0.0139. The van der Waals surface area contributed by atoms with E-state index in [-0.39, 0.29) is 16.0 Å². The molecule has 2 atom stereocenters. The molecule has 0 aromatic heterocycles. The van der Waals surface area contributed by atoms with Crippen LogP contribution in [0.5, 0.6) is 0 Å². The highest BCUT2D eigenvalue weighted by Crippen LogP contribution is 2.28. The van der Waals surface area contributed by atoms with Gasteiger partial charge in [-0.15, -0.1) is 0 Å². The van der Waals surface area contributed by atoms with E-state index in [1.165, 1.54) is 0 Å². The molecule has 1 aromatic carbocycles. The second-order valence-corrected chi connectivity index (χ2v) is 7.45. The molecule has 2 fully saturated rings. The Balaban J connectivity index is 1.77. The normalized spacial score (nSPS) is 30.5. The fourth-order valence-corrected chi connectivity index (χ4v) is 4.88. The summed E-state index contributed by atoms with van der Waals surface area (Å²) in [4.78, 5) is 0.169. The zero-order chi connectivity index (χ0) is 13.5. The molecule has 2 saturated heterocycles. The Morgan fingerprint density at radius 1 is 1.16 bits per heavy atom. The van der Waals surface area contributed by atoms with Crippen LogP contribution in [0.4, 0.5) is 0 Å². The summed E-state index contributed by atoms with van der Waals surface area (Å²) in [7, 11) is -3.52. The molecule has 104 valence electrons. The lowest BCUT2D eigenvalue weighted by molar-refractivity contribution is 0.345. The van der Waals surface area contributed by atoms with Gasteiger partial charge >= 0.3 is 0 Å². The van der Waals surface area contributed by atoms with Crippen molar-refractivity contribution in [3.63, 3.8) is 0 Å². The summed E-state index contributed by atoms with van der Waals surface area (Å²) in [5.74, 6) is 0. The molecule has 2 aliphatic heterocycles. The molecule has 6 heteroatoms. The van der Waals surface area contributed by atoms with Crippen LogP contribution < -0.4 is 10.0 Å². The van der Waals surface area contributed by atoms with Crippen molar-refractivity contribution < 1.29 is 8.42 Å². The number of benzene rings is 1. The van der Waals surface area contributed by atoms with Crippen LogP contribution in [-0.4, -0.2) is 26.5 Å². The van der Waals surface area contributed by atoms with Gasteiger partial charge in [0.2, 0.25) is 10.0 Å². The Morgan fingerprint density at radius 2 is 1.79 bits per heavy atom. The number of hydrogen-bond acceptors (Lipinski definition) is 3. The Labute approximate surface area is 118 Å². The third kappa shape index (κ3) is 2.79. The van der Waals surface area contributed by atoms with Crippen molar-refractivity contribution in [2.45, 2.75) is 48.7 Å². The van der Waals surface area contributed by atoms with Gasteiger partial charge in [0.1, 0.15) is 4.90 Å². The Hall–Kier alpha value is -0.620. The zero-order valence-electron chi connectivity index (χ0n) is 10.5. The topological polar surface area (TPSA) is 58.2 Å². The molecule has 0 amide bonds. The van der Waals surface area contributed by atoms with Crippen molar-refractivity contribution in [2.24, 2.45) is 0 Å². The number of sulfonamides is 1. The number of nitrogens with one attached hydrogen (secondary N) is 2. The van der Waals surface area contributed by atoms with Crippen molar-refractivity contribution in [1.29, 1.82) is 0 Å². The molecule has 1 aromatic rings. The molecule has 3 rings (SSSR count). The zero-order valence-corrected chi connectivity index (χ0v) is 12.0. The maximum atomic E-state index is 12.3. The Morgan fingerprint density at radius 3 is 2.42 bits per heavy atom. The lowest BCUT2D eigenvalue weighted by Gasteiger charge is -2.29. The van der Waals surface area contributed by atoms with E-state index in [0.29, 0.717) is 12.1 Å². The Kier molecular flexibility index (Phi) is 3.55. The first kappa shape index (κ1) is 13.4. The van der Waals surface area contributed by atoms with Crippen LogP contribution in [0.1, 0.15) is 25.7 Å². The standard InChI is InChI=1S/C13H17ClN2O2S/c14-12-3-1-2-4-13(12)19(17,18)16-11-7-9-5-6-10(8-11)15-9/h1-4,9-11,15-16H,5-8H2. The molecule has 19 heavy (non-hydrogen) atoms. The molecule has 2 aliphatic rings. The van der Waals surface area contributed by atoms with Crippen molar-refractivity contribution in [1.82, 2.24) is 10.0 Å². The minimum atomic E-state index is -3.52. The summed E-state index contributed by atoms with van der Waals surface area (Å²) in [6.07, 6.45) is 4.02. The minimum Gasteiger partial charge on any atom is -0.311 e. The van der Waals surface area contributed by atoms with Gasteiger partial charge in [0, 0.05) is 18.1 Å². The lowest BCUT2D eigenvalue weighted by atomic mass is 10.0. The maximum Gasteiger partial charge on any atom is 0.242 e. The van der Waals surface area contributed by atoms with Gasteiger partial charge in [0.05, 0.1) is 5.02 Å². The molecule has 2 unspecified atom stereocenters. The van der Waals surface area contributed by atoms with Crippen LogP contribution in [0, 0.1) is 0 Å².